The minimum atomic E-state index is -0.491. The molecule has 1 heterocycles. The summed E-state index contributed by atoms with van der Waals surface area (Å²) in [6, 6.07) is 23.8. The first kappa shape index (κ1) is 23.8. The number of hydrogen-bond donors (Lipinski definition) is 2. The predicted octanol–water partition coefficient (Wildman–Crippen LogP) is 4.59. The lowest BCUT2D eigenvalue weighted by molar-refractivity contribution is -0.116. The zero-order chi connectivity index (χ0) is 23.9. The van der Waals surface area contributed by atoms with Crippen molar-refractivity contribution in [1.29, 1.82) is 0 Å². The second-order valence-electron chi connectivity index (χ2n) is 8.51. The number of likely N-dealkylation sites (N-methyl/N-ethyl adjacent to an activating group) is 1. The zero-order valence-electron chi connectivity index (χ0n) is 19.2. The summed E-state index contributed by atoms with van der Waals surface area (Å²) in [5.41, 5.74) is 3.11. The molecule has 1 atom stereocenters. The van der Waals surface area contributed by atoms with Gasteiger partial charge in [-0.2, -0.15) is 0 Å². The fourth-order valence-electron chi connectivity index (χ4n) is 4.04. The summed E-state index contributed by atoms with van der Waals surface area (Å²) >= 11 is 6.19. The molecule has 6 nitrogen and oxygen atoms in total. The number of halogens is 1. The van der Waals surface area contributed by atoms with Crippen LogP contribution in [0.25, 0.3) is 0 Å². The third-order valence-electron chi connectivity index (χ3n) is 6.03. The average Bonchev–Trinajstić information content (AvgIpc) is 2.85. The lowest BCUT2D eigenvalue weighted by Crippen LogP contribution is -2.44. The molecule has 0 bridgehead atoms. The number of benzene rings is 3. The largest absolute Gasteiger partial charge is 0.369 e. The van der Waals surface area contributed by atoms with Crippen LogP contribution >= 0.6 is 11.6 Å². The highest BCUT2D eigenvalue weighted by Gasteiger charge is 2.21. The maximum atomic E-state index is 12.9. The molecule has 2 N–H and O–H groups in total. The van der Waals surface area contributed by atoms with E-state index in [1.54, 1.807) is 24.3 Å². The van der Waals surface area contributed by atoms with Crippen molar-refractivity contribution in [3.05, 3.63) is 95.0 Å². The molecular weight excluding hydrogens is 448 g/mol. The molecule has 1 aliphatic heterocycles. The second kappa shape index (κ2) is 11.2. The van der Waals surface area contributed by atoms with Gasteiger partial charge in [0.1, 0.15) is 0 Å². The summed E-state index contributed by atoms with van der Waals surface area (Å²) in [6.45, 7) is 4.07. The minimum absolute atomic E-state index is 0.0976. The maximum absolute atomic E-state index is 12.9. The van der Waals surface area contributed by atoms with E-state index in [9.17, 15) is 9.59 Å². The van der Waals surface area contributed by atoms with Gasteiger partial charge in [0, 0.05) is 37.6 Å². The van der Waals surface area contributed by atoms with Crippen molar-refractivity contribution in [2.75, 3.05) is 43.4 Å². The van der Waals surface area contributed by atoms with Gasteiger partial charge in [-0.1, -0.05) is 54.1 Å². The number of piperazine rings is 1. The van der Waals surface area contributed by atoms with Gasteiger partial charge >= 0.3 is 0 Å². The van der Waals surface area contributed by atoms with Crippen LogP contribution in [-0.4, -0.2) is 49.9 Å². The van der Waals surface area contributed by atoms with E-state index in [0.29, 0.717) is 10.6 Å². The first-order chi connectivity index (χ1) is 16.5. The van der Waals surface area contributed by atoms with Crippen LogP contribution in [0.15, 0.2) is 78.9 Å². The van der Waals surface area contributed by atoms with Gasteiger partial charge in [0.05, 0.1) is 23.0 Å². The predicted molar refractivity (Wildman–Crippen MR) is 137 cm³/mol. The normalized spacial score (nSPS) is 14.9. The fourth-order valence-corrected chi connectivity index (χ4v) is 4.26. The Morgan fingerprint density at radius 3 is 2.21 bits per heavy atom. The molecule has 3 aromatic carbocycles. The molecule has 0 aromatic heterocycles. The SMILES string of the molecule is CN1CCN(c2ccc(NC(=O)C[C@H](NC(=O)c3ccccc3Cl)c3ccccc3)cc2)CC1. The Morgan fingerprint density at radius 1 is 0.882 bits per heavy atom. The van der Waals surface area contributed by atoms with Crippen molar-refractivity contribution in [1.82, 2.24) is 10.2 Å². The van der Waals surface area contributed by atoms with Gasteiger partial charge in [-0.3, -0.25) is 9.59 Å². The van der Waals surface area contributed by atoms with Crippen molar-refractivity contribution in [2.45, 2.75) is 12.5 Å². The summed E-state index contributed by atoms with van der Waals surface area (Å²) in [5, 5.41) is 6.30. The Kier molecular flexibility index (Phi) is 7.83. The Hall–Kier alpha value is -3.35. The number of hydrogen-bond acceptors (Lipinski definition) is 4. The number of nitrogens with zero attached hydrogens (tertiary/aromatic N) is 2. The number of anilines is 2. The Balaban J connectivity index is 1.41. The van der Waals surface area contributed by atoms with Crippen molar-refractivity contribution in [2.24, 2.45) is 0 Å². The lowest BCUT2D eigenvalue weighted by atomic mass is 10.0. The maximum Gasteiger partial charge on any atom is 0.253 e. The van der Waals surface area contributed by atoms with Crippen molar-refractivity contribution in [3.8, 4) is 0 Å². The molecule has 34 heavy (non-hydrogen) atoms. The number of rotatable bonds is 7. The van der Waals surface area contributed by atoms with E-state index in [2.05, 4.69) is 27.5 Å². The van der Waals surface area contributed by atoms with Crippen LogP contribution in [0.2, 0.25) is 5.02 Å². The lowest BCUT2D eigenvalue weighted by Gasteiger charge is -2.34. The summed E-state index contributed by atoms with van der Waals surface area (Å²) in [4.78, 5) is 30.4. The van der Waals surface area contributed by atoms with E-state index >= 15 is 0 Å². The molecule has 1 fully saturated rings. The van der Waals surface area contributed by atoms with Gasteiger partial charge in [-0.25, -0.2) is 0 Å². The molecule has 2 amide bonds. The average molecular weight is 477 g/mol. The molecule has 0 spiro atoms. The van der Waals surface area contributed by atoms with Gasteiger partial charge in [0.25, 0.3) is 5.91 Å². The molecule has 1 aliphatic rings. The number of carbonyl (C=O) groups is 2. The van der Waals surface area contributed by atoms with E-state index in [1.165, 1.54) is 0 Å². The number of amides is 2. The highest BCUT2D eigenvalue weighted by atomic mass is 35.5. The summed E-state index contributed by atoms with van der Waals surface area (Å²) < 4.78 is 0. The highest BCUT2D eigenvalue weighted by Crippen LogP contribution is 2.23. The third kappa shape index (κ3) is 6.16. The summed E-state index contributed by atoms with van der Waals surface area (Å²) in [7, 11) is 2.13. The number of nitrogens with one attached hydrogen (secondary N) is 2. The third-order valence-corrected chi connectivity index (χ3v) is 6.36. The minimum Gasteiger partial charge on any atom is -0.369 e. The summed E-state index contributed by atoms with van der Waals surface area (Å²) in [5.74, 6) is -0.496. The monoisotopic (exact) mass is 476 g/mol. The molecule has 0 radical (unpaired) electrons. The highest BCUT2D eigenvalue weighted by molar-refractivity contribution is 6.33. The van der Waals surface area contributed by atoms with E-state index in [4.69, 9.17) is 11.6 Å². The van der Waals surface area contributed by atoms with E-state index in [1.807, 2.05) is 54.6 Å². The Bertz CT molecular complexity index is 1110. The molecule has 7 heteroatoms. The van der Waals surface area contributed by atoms with Gasteiger partial charge in [0.2, 0.25) is 5.91 Å². The van der Waals surface area contributed by atoms with E-state index in [0.717, 1.165) is 43.1 Å². The van der Waals surface area contributed by atoms with Gasteiger partial charge < -0.3 is 20.4 Å². The topological polar surface area (TPSA) is 64.7 Å². The van der Waals surface area contributed by atoms with Crippen LogP contribution in [0.1, 0.15) is 28.4 Å². The molecule has 0 aliphatic carbocycles. The molecule has 4 rings (SSSR count). The van der Waals surface area contributed by atoms with Crippen LogP contribution in [0, 0.1) is 0 Å². The molecule has 0 saturated carbocycles. The fraction of sp³-hybridized carbons (Fsp3) is 0.259. The van der Waals surface area contributed by atoms with Crippen LogP contribution in [0.5, 0.6) is 0 Å². The number of carbonyl (C=O) groups excluding carboxylic acids is 2. The van der Waals surface area contributed by atoms with Crippen LogP contribution < -0.4 is 15.5 Å². The van der Waals surface area contributed by atoms with Gasteiger partial charge in [-0.05, 0) is 49.0 Å². The Labute approximate surface area is 205 Å². The zero-order valence-corrected chi connectivity index (χ0v) is 20.0. The van der Waals surface area contributed by atoms with Gasteiger partial charge in [-0.15, -0.1) is 0 Å². The second-order valence-corrected chi connectivity index (χ2v) is 8.91. The molecular formula is C27H29ClN4O2. The standard InChI is InChI=1S/C27H29ClN4O2/c1-31-15-17-32(18-16-31)22-13-11-21(12-14-22)29-26(33)19-25(20-7-3-2-4-8-20)30-27(34)23-9-5-6-10-24(23)28/h2-14,25H,15-19H2,1H3,(H,29,33)(H,30,34)/t25-/m0/s1. The summed E-state index contributed by atoms with van der Waals surface area (Å²) in [6.07, 6.45) is 0.0976. The smallest absolute Gasteiger partial charge is 0.253 e. The molecule has 3 aromatic rings. The first-order valence-electron chi connectivity index (χ1n) is 11.4. The van der Waals surface area contributed by atoms with Crippen LogP contribution in [0.3, 0.4) is 0 Å². The molecule has 176 valence electrons. The van der Waals surface area contributed by atoms with E-state index in [-0.39, 0.29) is 18.2 Å². The van der Waals surface area contributed by atoms with Gasteiger partial charge in [0.15, 0.2) is 0 Å². The van der Waals surface area contributed by atoms with Crippen molar-refractivity contribution < 1.29 is 9.59 Å². The van der Waals surface area contributed by atoms with Crippen LogP contribution in [-0.2, 0) is 4.79 Å². The van der Waals surface area contributed by atoms with Crippen molar-refractivity contribution in [3.63, 3.8) is 0 Å². The Morgan fingerprint density at radius 2 is 1.53 bits per heavy atom. The quantitative estimate of drug-likeness (QED) is 0.523. The molecule has 0 unspecified atom stereocenters. The van der Waals surface area contributed by atoms with Crippen molar-refractivity contribution >= 4 is 34.8 Å². The first-order valence-corrected chi connectivity index (χ1v) is 11.8. The van der Waals surface area contributed by atoms with Crippen LogP contribution in [0.4, 0.5) is 11.4 Å². The molecule has 1 saturated heterocycles. The van der Waals surface area contributed by atoms with E-state index < -0.39 is 6.04 Å².